The van der Waals surface area contributed by atoms with Gasteiger partial charge >= 0.3 is 5.97 Å². The first-order valence-corrected chi connectivity index (χ1v) is 4.56. The van der Waals surface area contributed by atoms with E-state index in [1.807, 2.05) is 0 Å². The highest BCUT2D eigenvalue weighted by molar-refractivity contribution is 5.89. The average Bonchev–Trinajstić information content (AvgIpc) is 2.21. The topological polar surface area (TPSA) is 156 Å². The molecule has 8 heteroatoms. The average molecular weight is 233 g/mol. The molecule has 0 aromatic heterocycles. The standard InChI is InChI=1S/C8H15N3O5/c9-4(1-2-6(13)14)8(16)11-5(3-12)7(10)15/h4-5,12H,1-3,9H2,(H2,10,15)(H,11,16)(H,13,14)/t4-,5+/m0/s1. The van der Waals surface area contributed by atoms with Crippen molar-refractivity contribution in [2.45, 2.75) is 24.9 Å². The van der Waals surface area contributed by atoms with E-state index in [-0.39, 0.29) is 12.8 Å². The predicted octanol–water partition coefficient (Wildman–Crippen LogP) is -2.86. The van der Waals surface area contributed by atoms with Gasteiger partial charge in [0.25, 0.3) is 0 Å². The quantitative estimate of drug-likeness (QED) is 0.318. The molecule has 0 unspecified atom stereocenters. The van der Waals surface area contributed by atoms with Crippen LogP contribution in [-0.4, -0.2) is 46.7 Å². The van der Waals surface area contributed by atoms with Crippen LogP contribution in [0.25, 0.3) is 0 Å². The van der Waals surface area contributed by atoms with Crippen molar-refractivity contribution in [3.05, 3.63) is 0 Å². The Morgan fingerprint density at radius 1 is 1.31 bits per heavy atom. The van der Waals surface area contributed by atoms with E-state index in [2.05, 4.69) is 5.32 Å². The van der Waals surface area contributed by atoms with Gasteiger partial charge in [0.1, 0.15) is 6.04 Å². The molecule has 0 fully saturated rings. The number of carboxylic acids is 1. The Bertz CT molecular complexity index is 281. The van der Waals surface area contributed by atoms with Crippen LogP contribution in [0.3, 0.4) is 0 Å². The number of hydrogen-bond acceptors (Lipinski definition) is 5. The van der Waals surface area contributed by atoms with Crippen molar-refractivity contribution in [3.63, 3.8) is 0 Å². The van der Waals surface area contributed by atoms with E-state index in [0.717, 1.165) is 0 Å². The molecule has 8 nitrogen and oxygen atoms in total. The lowest BCUT2D eigenvalue weighted by Gasteiger charge is -2.16. The van der Waals surface area contributed by atoms with Crippen LogP contribution in [-0.2, 0) is 14.4 Å². The van der Waals surface area contributed by atoms with Crippen LogP contribution in [0, 0.1) is 0 Å². The fourth-order valence-electron chi connectivity index (χ4n) is 0.896. The molecule has 16 heavy (non-hydrogen) atoms. The Morgan fingerprint density at radius 2 is 1.88 bits per heavy atom. The van der Waals surface area contributed by atoms with Crippen molar-refractivity contribution in [2.75, 3.05) is 6.61 Å². The Morgan fingerprint density at radius 3 is 2.25 bits per heavy atom. The Labute approximate surface area is 91.6 Å². The second kappa shape index (κ2) is 6.75. The smallest absolute Gasteiger partial charge is 0.303 e. The summed E-state index contributed by atoms with van der Waals surface area (Å²) < 4.78 is 0. The van der Waals surface area contributed by atoms with Gasteiger partial charge in [-0.3, -0.25) is 14.4 Å². The van der Waals surface area contributed by atoms with Crippen LogP contribution < -0.4 is 16.8 Å². The van der Waals surface area contributed by atoms with Gasteiger partial charge in [-0.15, -0.1) is 0 Å². The first-order chi connectivity index (χ1) is 7.38. The number of amides is 2. The van der Waals surface area contributed by atoms with Crippen molar-refractivity contribution in [1.29, 1.82) is 0 Å². The number of aliphatic hydroxyl groups is 1. The van der Waals surface area contributed by atoms with E-state index in [0.29, 0.717) is 0 Å². The number of nitrogens with one attached hydrogen (secondary N) is 1. The molecule has 0 heterocycles. The van der Waals surface area contributed by atoms with Crippen molar-refractivity contribution >= 4 is 17.8 Å². The summed E-state index contributed by atoms with van der Waals surface area (Å²) in [6.45, 7) is -0.632. The molecule has 0 saturated carbocycles. The fourth-order valence-corrected chi connectivity index (χ4v) is 0.896. The second-order valence-electron chi connectivity index (χ2n) is 3.19. The van der Waals surface area contributed by atoms with Gasteiger partial charge in [-0.2, -0.15) is 0 Å². The predicted molar refractivity (Wildman–Crippen MR) is 53.1 cm³/mol. The molecule has 0 aliphatic carbocycles. The number of nitrogens with two attached hydrogens (primary N) is 2. The van der Waals surface area contributed by atoms with Crippen LogP contribution in [0.1, 0.15) is 12.8 Å². The molecule has 7 N–H and O–H groups in total. The zero-order valence-corrected chi connectivity index (χ0v) is 8.55. The molecule has 0 aliphatic heterocycles. The summed E-state index contributed by atoms with van der Waals surface area (Å²) in [5.74, 6) is -2.68. The molecule has 0 aromatic carbocycles. The Balaban J connectivity index is 4.13. The molecule has 0 rings (SSSR count). The number of hydrogen-bond donors (Lipinski definition) is 5. The number of aliphatic hydroxyl groups excluding tert-OH is 1. The van der Waals surface area contributed by atoms with Gasteiger partial charge in [-0.1, -0.05) is 0 Å². The van der Waals surface area contributed by atoms with Gasteiger partial charge in [0.2, 0.25) is 11.8 Å². The summed E-state index contributed by atoms with van der Waals surface area (Å²) in [5.41, 5.74) is 10.2. The Hall–Kier alpha value is -1.67. The van der Waals surface area contributed by atoms with E-state index in [4.69, 9.17) is 21.7 Å². The zero-order valence-electron chi connectivity index (χ0n) is 8.55. The van der Waals surface area contributed by atoms with E-state index >= 15 is 0 Å². The maximum absolute atomic E-state index is 11.3. The van der Waals surface area contributed by atoms with Gasteiger partial charge < -0.3 is 27.0 Å². The SMILES string of the molecule is NC(=O)[C@@H](CO)NC(=O)[C@@H](N)CCC(=O)O. The van der Waals surface area contributed by atoms with Gasteiger partial charge in [0.15, 0.2) is 0 Å². The lowest BCUT2D eigenvalue weighted by atomic mass is 10.1. The first kappa shape index (κ1) is 14.3. The maximum atomic E-state index is 11.3. The van der Waals surface area contributed by atoms with Gasteiger partial charge in [0.05, 0.1) is 12.6 Å². The fraction of sp³-hybridized carbons (Fsp3) is 0.625. The second-order valence-corrected chi connectivity index (χ2v) is 3.19. The first-order valence-electron chi connectivity index (χ1n) is 4.56. The number of aliphatic carboxylic acids is 1. The molecule has 0 aromatic rings. The third-order valence-electron chi connectivity index (χ3n) is 1.85. The lowest BCUT2D eigenvalue weighted by molar-refractivity contribution is -0.137. The summed E-state index contributed by atoms with van der Waals surface area (Å²) in [4.78, 5) is 32.2. The normalized spacial score (nSPS) is 13.9. The molecular formula is C8H15N3O5. The summed E-state index contributed by atoms with van der Waals surface area (Å²) >= 11 is 0. The van der Waals surface area contributed by atoms with Gasteiger partial charge in [0, 0.05) is 6.42 Å². The highest BCUT2D eigenvalue weighted by atomic mass is 16.4. The highest BCUT2D eigenvalue weighted by Crippen LogP contribution is 1.95. The van der Waals surface area contributed by atoms with Crippen molar-refractivity contribution in [1.82, 2.24) is 5.32 Å². The van der Waals surface area contributed by atoms with E-state index < -0.39 is 36.5 Å². The Kier molecular flexibility index (Phi) is 6.04. The lowest BCUT2D eigenvalue weighted by Crippen LogP contribution is -2.52. The molecule has 0 radical (unpaired) electrons. The van der Waals surface area contributed by atoms with Gasteiger partial charge in [-0.25, -0.2) is 0 Å². The number of rotatable bonds is 7. The number of primary amides is 1. The number of carbonyl (C=O) groups is 3. The van der Waals surface area contributed by atoms with Crippen LogP contribution in [0.5, 0.6) is 0 Å². The van der Waals surface area contributed by atoms with E-state index in [1.54, 1.807) is 0 Å². The van der Waals surface area contributed by atoms with Crippen LogP contribution in [0.4, 0.5) is 0 Å². The molecule has 0 bridgehead atoms. The zero-order chi connectivity index (χ0) is 12.7. The van der Waals surface area contributed by atoms with E-state index in [1.165, 1.54) is 0 Å². The molecule has 2 amide bonds. The van der Waals surface area contributed by atoms with Crippen LogP contribution >= 0.6 is 0 Å². The summed E-state index contributed by atoms with van der Waals surface area (Å²) in [6, 6.07) is -2.26. The molecular weight excluding hydrogens is 218 g/mol. The summed E-state index contributed by atoms with van der Waals surface area (Å²) in [5, 5.41) is 19.2. The molecule has 2 atom stereocenters. The number of carboxylic acid groups (broad SMARTS) is 1. The van der Waals surface area contributed by atoms with Crippen molar-refractivity contribution < 1.29 is 24.6 Å². The maximum Gasteiger partial charge on any atom is 0.303 e. The van der Waals surface area contributed by atoms with E-state index in [9.17, 15) is 14.4 Å². The third-order valence-corrected chi connectivity index (χ3v) is 1.85. The van der Waals surface area contributed by atoms with Crippen molar-refractivity contribution in [2.24, 2.45) is 11.5 Å². The molecule has 92 valence electrons. The monoisotopic (exact) mass is 233 g/mol. The third kappa shape index (κ3) is 5.27. The van der Waals surface area contributed by atoms with Crippen LogP contribution in [0.15, 0.2) is 0 Å². The van der Waals surface area contributed by atoms with Crippen LogP contribution in [0.2, 0.25) is 0 Å². The van der Waals surface area contributed by atoms with Gasteiger partial charge in [-0.05, 0) is 6.42 Å². The highest BCUT2D eigenvalue weighted by Gasteiger charge is 2.21. The van der Waals surface area contributed by atoms with Crippen molar-refractivity contribution in [3.8, 4) is 0 Å². The minimum absolute atomic E-state index is 0.0575. The largest absolute Gasteiger partial charge is 0.481 e. The number of carbonyl (C=O) groups excluding carboxylic acids is 2. The minimum Gasteiger partial charge on any atom is -0.481 e. The molecule has 0 spiro atoms. The minimum atomic E-state index is -1.21. The summed E-state index contributed by atoms with van der Waals surface area (Å²) in [7, 11) is 0. The molecule has 0 saturated heterocycles. The summed E-state index contributed by atoms with van der Waals surface area (Å²) in [6.07, 6.45) is -0.312. The molecule has 0 aliphatic rings.